The van der Waals surface area contributed by atoms with Crippen molar-refractivity contribution in [2.45, 2.75) is 0 Å². The molecule has 0 radical (unpaired) electrons. The summed E-state index contributed by atoms with van der Waals surface area (Å²) in [6.07, 6.45) is 0. The van der Waals surface area contributed by atoms with Crippen molar-refractivity contribution in [2.75, 3.05) is 13.7 Å². The van der Waals surface area contributed by atoms with Gasteiger partial charge in [-0.3, -0.25) is 4.79 Å². The number of methoxy groups -OCH3 is 1. The predicted octanol–water partition coefficient (Wildman–Crippen LogP) is 3.28. The topological polar surface area (TPSA) is 65.5 Å². The van der Waals surface area contributed by atoms with Gasteiger partial charge >= 0.3 is 5.97 Å². The molecule has 0 aliphatic rings. The van der Waals surface area contributed by atoms with Gasteiger partial charge in [-0.1, -0.05) is 36.4 Å². The summed E-state index contributed by atoms with van der Waals surface area (Å²) < 4.78 is 10.2. The number of nitrogens with zero attached hydrogens (tertiary/aromatic N) is 1. The Hall–Kier alpha value is -3.21. The van der Waals surface area contributed by atoms with E-state index in [2.05, 4.69) is 4.98 Å². The lowest BCUT2D eigenvalue weighted by molar-refractivity contribution is 0.0468. The fourth-order valence-electron chi connectivity index (χ4n) is 2.34. The zero-order chi connectivity index (χ0) is 16.9. The number of ketones is 1. The maximum Gasteiger partial charge on any atom is 0.357 e. The number of rotatable bonds is 5. The highest BCUT2D eigenvalue weighted by Gasteiger charge is 2.16. The Bertz CT molecular complexity index is 905. The quantitative estimate of drug-likeness (QED) is 0.533. The van der Waals surface area contributed by atoms with E-state index in [1.807, 2.05) is 24.3 Å². The molecule has 120 valence electrons. The highest BCUT2D eigenvalue weighted by molar-refractivity contribution is 6.01. The van der Waals surface area contributed by atoms with E-state index in [0.29, 0.717) is 16.8 Å². The highest BCUT2D eigenvalue weighted by Crippen LogP contribution is 2.18. The van der Waals surface area contributed by atoms with Crippen molar-refractivity contribution < 1.29 is 19.1 Å². The first-order chi connectivity index (χ1) is 11.7. The van der Waals surface area contributed by atoms with E-state index in [9.17, 15) is 9.59 Å². The summed E-state index contributed by atoms with van der Waals surface area (Å²) in [6, 6.07) is 17.6. The minimum Gasteiger partial charge on any atom is -0.496 e. The van der Waals surface area contributed by atoms with Crippen molar-refractivity contribution in [3.8, 4) is 5.75 Å². The van der Waals surface area contributed by atoms with Crippen molar-refractivity contribution in [3.63, 3.8) is 0 Å². The molecule has 0 amide bonds. The average Bonchev–Trinajstić information content (AvgIpc) is 2.65. The van der Waals surface area contributed by atoms with Crippen LogP contribution in [0.15, 0.2) is 60.7 Å². The van der Waals surface area contributed by atoms with Gasteiger partial charge in [-0.05, 0) is 24.3 Å². The maximum absolute atomic E-state index is 12.2. The van der Waals surface area contributed by atoms with Crippen LogP contribution in [0, 0.1) is 0 Å². The monoisotopic (exact) mass is 321 g/mol. The molecule has 0 bridgehead atoms. The lowest BCUT2D eigenvalue weighted by Crippen LogP contribution is -2.15. The van der Waals surface area contributed by atoms with Gasteiger partial charge < -0.3 is 9.47 Å². The molecule has 3 aromatic rings. The molecule has 0 atom stereocenters. The first kappa shape index (κ1) is 15.7. The molecule has 2 aromatic carbocycles. The Labute approximate surface area is 138 Å². The fourth-order valence-corrected chi connectivity index (χ4v) is 2.34. The van der Waals surface area contributed by atoms with Crippen LogP contribution in [0.5, 0.6) is 5.75 Å². The molecule has 24 heavy (non-hydrogen) atoms. The van der Waals surface area contributed by atoms with Crippen molar-refractivity contribution in [2.24, 2.45) is 0 Å². The smallest absolute Gasteiger partial charge is 0.357 e. The molecule has 1 heterocycles. The molecule has 1 aromatic heterocycles. The van der Waals surface area contributed by atoms with Crippen LogP contribution < -0.4 is 4.74 Å². The normalized spacial score (nSPS) is 10.4. The number of Topliss-reactive ketones (excluding diaryl/α,β-unsaturated/α-hetero) is 1. The number of ether oxygens (including phenoxy) is 2. The lowest BCUT2D eigenvalue weighted by atomic mass is 10.1. The van der Waals surface area contributed by atoms with Crippen molar-refractivity contribution in [3.05, 3.63) is 71.9 Å². The SMILES string of the molecule is COc1ccccc1C(=O)COC(=O)c1ccc2ccccc2n1. The first-order valence-corrected chi connectivity index (χ1v) is 7.38. The number of esters is 1. The number of carbonyl (C=O) groups excluding carboxylic acids is 2. The van der Waals surface area contributed by atoms with Gasteiger partial charge in [0.05, 0.1) is 18.2 Å². The third-order valence-corrected chi connectivity index (χ3v) is 3.55. The van der Waals surface area contributed by atoms with Crippen LogP contribution in [0.1, 0.15) is 20.8 Å². The molecule has 0 aliphatic carbocycles. The zero-order valence-electron chi connectivity index (χ0n) is 13.1. The van der Waals surface area contributed by atoms with Gasteiger partial charge in [0.1, 0.15) is 11.4 Å². The van der Waals surface area contributed by atoms with Gasteiger partial charge in [-0.15, -0.1) is 0 Å². The molecular formula is C19H15NO4. The zero-order valence-corrected chi connectivity index (χ0v) is 13.1. The van der Waals surface area contributed by atoms with E-state index in [1.54, 1.807) is 36.4 Å². The molecular weight excluding hydrogens is 306 g/mol. The fraction of sp³-hybridized carbons (Fsp3) is 0.105. The van der Waals surface area contributed by atoms with Gasteiger partial charge in [0, 0.05) is 5.39 Å². The summed E-state index contributed by atoms with van der Waals surface area (Å²) in [7, 11) is 1.48. The standard InChI is InChI=1S/C19H15NO4/c1-23-18-9-5-3-7-14(18)17(21)12-24-19(22)16-11-10-13-6-2-4-8-15(13)20-16/h2-11H,12H2,1H3. The second-order valence-corrected chi connectivity index (χ2v) is 5.09. The number of para-hydroxylation sites is 2. The van der Waals surface area contributed by atoms with Crippen LogP contribution in [0.2, 0.25) is 0 Å². The summed E-state index contributed by atoms with van der Waals surface area (Å²) in [4.78, 5) is 28.6. The molecule has 5 nitrogen and oxygen atoms in total. The second-order valence-electron chi connectivity index (χ2n) is 5.09. The Morgan fingerprint density at radius 3 is 2.54 bits per heavy atom. The molecule has 0 spiro atoms. The van der Waals surface area contributed by atoms with Crippen LogP contribution in [0.3, 0.4) is 0 Å². The minimum absolute atomic E-state index is 0.168. The Morgan fingerprint density at radius 1 is 0.958 bits per heavy atom. The third kappa shape index (κ3) is 3.25. The largest absolute Gasteiger partial charge is 0.496 e. The lowest BCUT2D eigenvalue weighted by Gasteiger charge is -2.08. The number of aromatic nitrogens is 1. The van der Waals surface area contributed by atoms with Crippen LogP contribution >= 0.6 is 0 Å². The van der Waals surface area contributed by atoms with Crippen LogP contribution in [0.4, 0.5) is 0 Å². The van der Waals surface area contributed by atoms with Crippen molar-refractivity contribution in [1.82, 2.24) is 4.98 Å². The van der Waals surface area contributed by atoms with E-state index in [4.69, 9.17) is 9.47 Å². The molecule has 0 unspecified atom stereocenters. The Balaban J connectivity index is 1.71. The number of benzene rings is 2. The molecule has 0 saturated heterocycles. The summed E-state index contributed by atoms with van der Waals surface area (Å²) in [6.45, 7) is -0.367. The number of fused-ring (bicyclic) bond motifs is 1. The van der Waals surface area contributed by atoms with E-state index in [1.165, 1.54) is 7.11 Å². The molecule has 5 heteroatoms. The number of pyridine rings is 1. The average molecular weight is 321 g/mol. The summed E-state index contributed by atoms with van der Waals surface area (Å²) in [5.74, 6) is -0.520. The predicted molar refractivity (Wildman–Crippen MR) is 89.4 cm³/mol. The van der Waals surface area contributed by atoms with Gasteiger partial charge in [0.25, 0.3) is 0 Å². The second kappa shape index (κ2) is 6.91. The summed E-state index contributed by atoms with van der Waals surface area (Å²) in [5.41, 5.74) is 1.24. The molecule has 0 saturated carbocycles. The number of carbonyl (C=O) groups is 2. The van der Waals surface area contributed by atoms with Gasteiger partial charge in [0.15, 0.2) is 6.61 Å². The molecule has 0 aliphatic heterocycles. The minimum atomic E-state index is -0.635. The van der Waals surface area contributed by atoms with Crippen molar-refractivity contribution >= 4 is 22.7 Å². The summed E-state index contributed by atoms with van der Waals surface area (Å²) in [5, 5.41) is 0.930. The Morgan fingerprint density at radius 2 is 1.71 bits per heavy atom. The highest BCUT2D eigenvalue weighted by atomic mass is 16.5. The van der Waals surface area contributed by atoms with E-state index in [0.717, 1.165) is 5.39 Å². The maximum atomic E-state index is 12.2. The van der Waals surface area contributed by atoms with Crippen LogP contribution in [0.25, 0.3) is 10.9 Å². The first-order valence-electron chi connectivity index (χ1n) is 7.38. The summed E-state index contributed by atoms with van der Waals surface area (Å²) >= 11 is 0. The van der Waals surface area contributed by atoms with Gasteiger partial charge in [-0.25, -0.2) is 9.78 Å². The van der Waals surface area contributed by atoms with E-state index in [-0.39, 0.29) is 18.1 Å². The third-order valence-electron chi connectivity index (χ3n) is 3.55. The van der Waals surface area contributed by atoms with E-state index >= 15 is 0 Å². The number of hydrogen-bond donors (Lipinski definition) is 0. The van der Waals surface area contributed by atoms with Gasteiger partial charge in [0.2, 0.25) is 5.78 Å². The molecule has 0 N–H and O–H groups in total. The van der Waals surface area contributed by atoms with Gasteiger partial charge in [-0.2, -0.15) is 0 Å². The molecule has 3 rings (SSSR count). The van der Waals surface area contributed by atoms with Crippen LogP contribution in [-0.2, 0) is 4.74 Å². The molecule has 0 fully saturated rings. The van der Waals surface area contributed by atoms with Crippen LogP contribution in [-0.4, -0.2) is 30.5 Å². The number of hydrogen-bond acceptors (Lipinski definition) is 5. The Kier molecular flexibility index (Phi) is 4.52. The van der Waals surface area contributed by atoms with Crippen molar-refractivity contribution in [1.29, 1.82) is 0 Å². The van der Waals surface area contributed by atoms with E-state index < -0.39 is 5.97 Å².